The molecule has 6 heteroatoms. The fraction of sp³-hybridized carbons (Fsp3) is 0.429. The lowest BCUT2D eigenvalue weighted by atomic mass is 10.2. The molecule has 6 nitrogen and oxygen atoms in total. The van der Waals surface area contributed by atoms with Crippen LogP contribution >= 0.6 is 0 Å². The minimum atomic E-state index is -0.0539. The summed E-state index contributed by atoms with van der Waals surface area (Å²) in [6.45, 7) is 0. The zero-order valence-corrected chi connectivity index (χ0v) is 11.1. The Kier molecular flexibility index (Phi) is 3.71. The molecule has 1 amide bonds. The molecule has 0 aliphatic heterocycles. The van der Waals surface area contributed by atoms with E-state index in [2.05, 4.69) is 20.5 Å². The van der Waals surface area contributed by atoms with E-state index in [9.17, 15) is 4.79 Å². The first-order valence-corrected chi connectivity index (χ1v) is 6.83. The Morgan fingerprint density at radius 1 is 1.25 bits per heavy atom. The van der Waals surface area contributed by atoms with Crippen molar-refractivity contribution in [1.29, 1.82) is 0 Å². The molecular weight excluding hydrogens is 256 g/mol. The zero-order valence-electron chi connectivity index (χ0n) is 11.1. The molecule has 1 aliphatic rings. The van der Waals surface area contributed by atoms with Crippen LogP contribution in [0.15, 0.2) is 28.9 Å². The van der Waals surface area contributed by atoms with Crippen molar-refractivity contribution >= 4 is 5.91 Å². The lowest BCUT2D eigenvalue weighted by Crippen LogP contribution is -2.33. The van der Waals surface area contributed by atoms with Gasteiger partial charge in [0.1, 0.15) is 6.42 Å². The van der Waals surface area contributed by atoms with Crippen molar-refractivity contribution in [2.24, 2.45) is 0 Å². The van der Waals surface area contributed by atoms with Gasteiger partial charge in [0.15, 0.2) is 0 Å². The van der Waals surface area contributed by atoms with Crippen LogP contribution in [0.4, 0.5) is 0 Å². The molecule has 3 rings (SSSR count). The number of aromatic nitrogens is 3. The Hall–Kier alpha value is -2.24. The second-order valence-corrected chi connectivity index (χ2v) is 4.96. The van der Waals surface area contributed by atoms with Crippen LogP contribution in [-0.2, 0) is 11.2 Å². The van der Waals surface area contributed by atoms with Gasteiger partial charge in [-0.25, -0.2) is 0 Å². The van der Waals surface area contributed by atoms with Crippen molar-refractivity contribution in [1.82, 2.24) is 20.5 Å². The molecule has 2 aromatic rings. The quantitative estimate of drug-likeness (QED) is 0.916. The Morgan fingerprint density at radius 3 is 2.75 bits per heavy atom. The smallest absolute Gasteiger partial charge is 0.247 e. The average Bonchev–Trinajstić information content (AvgIpc) is 3.11. The van der Waals surface area contributed by atoms with Crippen LogP contribution in [0, 0.1) is 0 Å². The molecule has 1 N–H and O–H groups in total. The normalized spacial score (nSPS) is 15.4. The van der Waals surface area contributed by atoms with Crippen molar-refractivity contribution in [2.45, 2.75) is 38.1 Å². The van der Waals surface area contributed by atoms with E-state index in [-0.39, 0.29) is 12.3 Å². The Morgan fingerprint density at radius 2 is 2.00 bits per heavy atom. The second-order valence-electron chi connectivity index (χ2n) is 4.96. The van der Waals surface area contributed by atoms with Gasteiger partial charge in [0.25, 0.3) is 0 Å². The number of hydrogen-bond acceptors (Lipinski definition) is 5. The van der Waals surface area contributed by atoms with E-state index in [0.29, 0.717) is 17.8 Å². The predicted octanol–water partition coefficient (Wildman–Crippen LogP) is 1.73. The highest BCUT2D eigenvalue weighted by Crippen LogP contribution is 2.18. The second kappa shape index (κ2) is 5.81. The maximum absolute atomic E-state index is 11.9. The number of rotatable bonds is 4. The maximum Gasteiger partial charge on any atom is 0.247 e. The third kappa shape index (κ3) is 3.01. The molecular formula is C14H16N4O2. The van der Waals surface area contributed by atoms with Crippen molar-refractivity contribution in [3.63, 3.8) is 0 Å². The molecule has 0 aromatic carbocycles. The molecule has 20 heavy (non-hydrogen) atoms. The number of carbonyl (C=O) groups excluding carboxylic acids is 1. The first-order chi connectivity index (χ1) is 9.81. The SMILES string of the molecule is O=C(Cc1nnc(-c2ccncc2)o1)NC1CCCC1. The summed E-state index contributed by atoms with van der Waals surface area (Å²) in [6, 6.07) is 3.89. The number of nitrogens with zero attached hydrogens (tertiary/aromatic N) is 3. The predicted molar refractivity (Wildman–Crippen MR) is 71.6 cm³/mol. The van der Waals surface area contributed by atoms with Gasteiger partial charge in [0, 0.05) is 24.0 Å². The van der Waals surface area contributed by atoms with Gasteiger partial charge in [-0.3, -0.25) is 9.78 Å². The molecule has 0 spiro atoms. The van der Waals surface area contributed by atoms with Gasteiger partial charge in [0.05, 0.1) is 0 Å². The Labute approximate surface area is 116 Å². The van der Waals surface area contributed by atoms with Crippen LogP contribution in [-0.4, -0.2) is 27.1 Å². The molecule has 0 atom stereocenters. The van der Waals surface area contributed by atoms with Crippen molar-refractivity contribution < 1.29 is 9.21 Å². The first kappa shape index (κ1) is 12.8. The molecule has 0 radical (unpaired) electrons. The lowest BCUT2D eigenvalue weighted by Gasteiger charge is -2.10. The van der Waals surface area contributed by atoms with Gasteiger partial charge < -0.3 is 9.73 Å². The topological polar surface area (TPSA) is 80.9 Å². The number of amides is 1. The number of hydrogen-bond donors (Lipinski definition) is 1. The third-order valence-electron chi connectivity index (χ3n) is 3.43. The van der Waals surface area contributed by atoms with E-state index in [1.54, 1.807) is 24.5 Å². The fourth-order valence-electron chi connectivity index (χ4n) is 2.42. The van der Waals surface area contributed by atoms with Crippen LogP contribution in [0.3, 0.4) is 0 Å². The molecule has 2 aromatic heterocycles. The van der Waals surface area contributed by atoms with Crippen LogP contribution in [0.25, 0.3) is 11.5 Å². The minimum absolute atomic E-state index is 0.0539. The molecule has 0 unspecified atom stereocenters. The van der Waals surface area contributed by atoms with Gasteiger partial charge in [-0.2, -0.15) is 0 Å². The van der Waals surface area contributed by atoms with Gasteiger partial charge >= 0.3 is 0 Å². The van der Waals surface area contributed by atoms with E-state index < -0.39 is 0 Å². The molecule has 0 saturated heterocycles. The van der Waals surface area contributed by atoms with Crippen molar-refractivity contribution in [2.75, 3.05) is 0 Å². The molecule has 104 valence electrons. The van der Waals surface area contributed by atoms with E-state index in [0.717, 1.165) is 18.4 Å². The van der Waals surface area contributed by atoms with Crippen LogP contribution in [0.1, 0.15) is 31.6 Å². The summed E-state index contributed by atoms with van der Waals surface area (Å²) in [5.41, 5.74) is 0.801. The maximum atomic E-state index is 11.9. The van der Waals surface area contributed by atoms with Gasteiger partial charge in [-0.05, 0) is 25.0 Å². The monoisotopic (exact) mass is 272 g/mol. The van der Waals surface area contributed by atoms with E-state index in [1.165, 1.54) is 12.8 Å². The van der Waals surface area contributed by atoms with E-state index >= 15 is 0 Å². The number of carbonyl (C=O) groups is 1. The van der Waals surface area contributed by atoms with Crippen LogP contribution < -0.4 is 5.32 Å². The summed E-state index contributed by atoms with van der Waals surface area (Å²) in [7, 11) is 0. The summed E-state index contributed by atoms with van der Waals surface area (Å²) >= 11 is 0. The third-order valence-corrected chi connectivity index (χ3v) is 3.43. The number of pyridine rings is 1. The summed E-state index contributed by atoms with van der Waals surface area (Å²) < 4.78 is 5.49. The zero-order chi connectivity index (χ0) is 13.8. The van der Waals surface area contributed by atoms with Gasteiger partial charge in [-0.1, -0.05) is 12.8 Å². The summed E-state index contributed by atoms with van der Waals surface area (Å²) in [6.07, 6.45) is 7.97. The van der Waals surface area contributed by atoms with E-state index in [4.69, 9.17) is 4.42 Å². The average molecular weight is 272 g/mol. The van der Waals surface area contributed by atoms with Crippen LogP contribution in [0.5, 0.6) is 0 Å². The highest BCUT2D eigenvalue weighted by Gasteiger charge is 2.19. The summed E-state index contributed by atoms with van der Waals surface area (Å²) in [5, 5.41) is 10.9. The molecule has 1 saturated carbocycles. The summed E-state index contributed by atoms with van der Waals surface area (Å²) in [4.78, 5) is 15.8. The highest BCUT2D eigenvalue weighted by molar-refractivity contribution is 5.77. The van der Waals surface area contributed by atoms with Crippen molar-refractivity contribution in [3.05, 3.63) is 30.4 Å². The largest absolute Gasteiger partial charge is 0.420 e. The molecule has 0 bridgehead atoms. The van der Waals surface area contributed by atoms with E-state index in [1.807, 2.05) is 0 Å². The molecule has 1 aliphatic carbocycles. The highest BCUT2D eigenvalue weighted by atomic mass is 16.4. The lowest BCUT2D eigenvalue weighted by molar-refractivity contribution is -0.121. The van der Waals surface area contributed by atoms with Crippen LogP contribution in [0.2, 0.25) is 0 Å². The van der Waals surface area contributed by atoms with Gasteiger partial charge in [0.2, 0.25) is 17.7 Å². The summed E-state index contributed by atoms with van der Waals surface area (Å²) in [5.74, 6) is 0.699. The molecule has 2 heterocycles. The Bertz CT molecular complexity index is 576. The Balaban J connectivity index is 1.61. The fourth-order valence-corrected chi connectivity index (χ4v) is 2.42. The van der Waals surface area contributed by atoms with Gasteiger partial charge in [-0.15, -0.1) is 10.2 Å². The van der Waals surface area contributed by atoms with Crippen molar-refractivity contribution in [3.8, 4) is 11.5 Å². The minimum Gasteiger partial charge on any atom is -0.420 e. The first-order valence-electron chi connectivity index (χ1n) is 6.83. The molecule has 1 fully saturated rings. The standard InChI is InChI=1S/C14H16N4O2/c19-12(16-11-3-1-2-4-11)9-13-17-18-14(20-13)10-5-7-15-8-6-10/h5-8,11H,1-4,9H2,(H,16,19). The number of nitrogens with one attached hydrogen (secondary N) is 1.